The molecule has 76 valence electrons. The second-order valence-electron chi connectivity index (χ2n) is 3.07. The van der Waals surface area contributed by atoms with E-state index in [0.717, 1.165) is 18.2 Å². The summed E-state index contributed by atoms with van der Waals surface area (Å²) in [6, 6.07) is 6.21. The molecule has 0 fully saturated rings. The number of hydrogen-bond acceptors (Lipinski definition) is 1. The highest BCUT2D eigenvalue weighted by molar-refractivity contribution is 5.75. The molecule has 0 aliphatic heterocycles. The Morgan fingerprint density at radius 3 is 2.60 bits per heavy atom. The summed E-state index contributed by atoms with van der Waals surface area (Å²) < 4.78 is 26.2. The lowest BCUT2D eigenvalue weighted by Gasteiger charge is -2.00. The molecular weight excluding hydrogens is 200 g/mol. The van der Waals surface area contributed by atoms with Gasteiger partial charge in [-0.1, -0.05) is 0 Å². The van der Waals surface area contributed by atoms with Gasteiger partial charge in [0.25, 0.3) is 0 Å². The van der Waals surface area contributed by atoms with E-state index in [1.54, 1.807) is 0 Å². The zero-order valence-electron chi connectivity index (χ0n) is 7.63. The van der Waals surface area contributed by atoms with E-state index in [9.17, 15) is 13.6 Å². The van der Waals surface area contributed by atoms with Crippen LogP contribution in [0.4, 0.5) is 8.78 Å². The summed E-state index contributed by atoms with van der Waals surface area (Å²) in [5.41, 5.74) is 0.825. The van der Waals surface area contributed by atoms with Gasteiger partial charge in [0.05, 0.1) is 5.69 Å². The van der Waals surface area contributed by atoms with Crippen molar-refractivity contribution in [1.82, 2.24) is 4.98 Å². The number of rotatable bonds is 2. The molecule has 0 aliphatic carbocycles. The van der Waals surface area contributed by atoms with Crippen molar-refractivity contribution >= 4 is 6.29 Å². The van der Waals surface area contributed by atoms with Crippen LogP contribution in [0.3, 0.4) is 0 Å². The predicted molar refractivity (Wildman–Crippen MR) is 51.5 cm³/mol. The van der Waals surface area contributed by atoms with Gasteiger partial charge < -0.3 is 4.98 Å². The smallest absolute Gasteiger partial charge is 0.166 e. The summed E-state index contributed by atoms with van der Waals surface area (Å²) in [7, 11) is 0. The maximum absolute atomic E-state index is 13.3. The summed E-state index contributed by atoms with van der Waals surface area (Å²) in [5.74, 6) is -1.05. The van der Waals surface area contributed by atoms with E-state index < -0.39 is 11.6 Å². The number of H-pyrrole nitrogens is 1. The van der Waals surface area contributed by atoms with Crippen LogP contribution < -0.4 is 0 Å². The molecule has 0 unspecified atom stereocenters. The maximum atomic E-state index is 13.3. The Morgan fingerprint density at radius 1 is 1.13 bits per heavy atom. The molecule has 0 atom stereocenters. The third-order valence-electron chi connectivity index (χ3n) is 2.05. The van der Waals surface area contributed by atoms with Crippen LogP contribution in [-0.2, 0) is 0 Å². The number of aromatic amines is 1. The van der Waals surface area contributed by atoms with Crippen molar-refractivity contribution in [3.05, 3.63) is 47.7 Å². The Bertz CT molecular complexity index is 505. The van der Waals surface area contributed by atoms with Crippen LogP contribution in [-0.4, -0.2) is 11.3 Å². The fraction of sp³-hybridized carbons (Fsp3) is 0. The molecule has 2 nitrogen and oxygen atoms in total. The number of benzene rings is 1. The molecule has 1 aromatic heterocycles. The van der Waals surface area contributed by atoms with Gasteiger partial charge in [0.15, 0.2) is 6.29 Å². The van der Waals surface area contributed by atoms with Crippen molar-refractivity contribution in [2.45, 2.75) is 0 Å². The normalized spacial score (nSPS) is 10.3. The van der Waals surface area contributed by atoms with Gasteiger partial charge >= 0.3 is 0 Å². The van der Waals surface area contributed by atoms with E-state index in [0.29, 0.717) is 17.7 Å². The first-order chi connectivity index (χ1) is 7.20. The first-order valence-corrected chi connectivity index (χ1v) is 4.30. The molecule has 1 N–H and O–H groups in total. The lowest BCUT2D eigenvalue weighted by Crippen LogP contribution is -1.87. The van der Waals surface area contributed by atoms with E-state index in [-0.39, 0.29) is 5.56 Å². The van der Waals surface area contributed by atoms with Gasteiger partial charge in [0.2, 0.25) is 0 Å². The minimum Gasteiger partial charge on any atom is -0.352 e. The molecule has 4 heteroatoms. The average Bonchev–Trinajstić information content (AvgIpc) is 2.70. The number of nitrogens with one attached hydrogen (secondary N) is 1. The minimum atomic E-state index is -0.532. The van der Waals surface area contributed by atoms with Crippen molar-refractivity contribution in [3.8, 4) is 11.3 Å². The number of carbonyl (C=O) groups is 1. The third kappa shape index (κ3) is 1.79. The quantitative estimate of drug-likeness (QED) is 0.754. The minimum absolute atomic E-state index is 0.114. The molecular formula is C11H7F2NO. The van der Waals surface area contributed by atoms with Gasteiger partial charge in [-0.3, -0.25) is 4.79 Å². The Kier molecular flexibility index (Phi) is 2.33. The molecule has 1 aromatic carbocycles. The Balaban J connectivity index is 2.52. The van der Waals surface area contributed by atoms with Crippen LogP contribution in [0, 0.1) is 11.6 Å². The van der Waals surface area contributed by atoms with Crippen LogP contribution in [0.25, 0.3) is 11.3 Å². The third-order valence-corrected chi connectivity index (χ3v) is 2.05. The van der Waals surface area contributed by atoms with Crippen molar-refractivity contribution in [2.75, 3.05) is 0 Å². The van der Waals surface area contributed by atoms with Crippen LogP contribution >= 0.6 is 0 Å². The zero-order chi connectivity index (χ0) is 10.8. The monoisotopic (exact) mass is 207 g/mol. The summed E-state index contributed by atoms with van der Waals surface area (Å²) in [6.07, 6.45) is 0.612. The van der Waals surface area contributed by atoms with Crippen LogP contribution in [0.2, 0.25) is 0 Å². The molecule has 15 heavy (non-hydrogen) atoms. The standard InChI is InChI=1S/C11H7F2NO/c12-7-1-3-10(13)9(5-7)11-4-2-8(6-15)14-11/h1-6,14H. The van der Waals surface area contributed by atoms with E-state index >= 15 is 0 Å². The number of halogens is 2. The lowest BCUT2D eigenvalue weighted by atomic mass is 10.1. The second-order valence-corrected chi connectivity index (χ2v) is 3.07. The Morgan fingerprint density at radius 2 is 1.93 bits per heavy atom. The zero-order valence-corrected chi connectivity index (χ0v) is 7.63. The van der Waals surface area contributed by atoms with Crippen LogP contribution in [0.5, 0.6) is 0 Å². The second kappa shape index (κ2) is 3.65. The highest BCUT2D eigenvalue weighted by Gasteiger charge is 2.08. The fourth-order valence-electron chi connectivity index (χ4n) is 1.34. The number of carbonyl (C=O) groups excluding carboxylic acids is 1. The van der Waals surface area contributed by atoms with Gasteiger partial charge in [0.1, 0.15) is 11.6 Å². The molecule has 2 rings (SSSR count). The van der Waals surface area contributed by atoms with E-state index in [1.807, 2.05) is 0 Å². The first-order valence-electron chi connectivity index (χ1n) is 4.30. The van der Waals surface area contributed by atoms with Gasteiger partial charge in [-0.05, 0) is 30.3 Å². The topological polar surface area (TPSA) is 32.9 Å². The molecule has 0 spiro atoms. The van der Waals surface area contributed by atoms with E-state index in [1.165, 1.54) is 12.1 Å². The highest BCUT2D eigenvalue weighted by Crippen LogP contribution is 2.22. The van der Waals surface area contributed by atoms with Gasteiger partial charge in [-0.2, -0.15) is 0 Å². The predicted octanol–water partition coefficient (Wildman–Crippen LogP) is 2.77. The molecule has 0 aliphatic rings. The van der Waals surface area contributed by atoms with Crippen molar-refractivity contribution < 1.29 is 13.6 Å². The number of aromatic nitrogens is 1. The summed E-state index contributed by atoms with van der Waals surface area (Å²) in [5, 5.41) is 0. The van der Waals surface area contributed by atoms with Crippen LogP contribution in [0.15, 0.2) is 30.3 Å². The van der Waals surface area contributed by atoms with Gasteiger partial charge in [-0.25, -0.2) is 8.78 Å². The molecule has 0 amide bonds. The largest absolute Gasteiger partial charge is 0.352 e. The first kappa shape index (κ1) is 9.58. The van der Waals surface area contributed by atoms with Crippen LogP contribution in [0.1, 0.15) is 10.5 Å². The van der Waals surface area contributed by atoms with Gasteiger partial charge in [-0.15, -0.1) is 0 Å². The molecule has 1 heterocycles. The summed E-state index contributed by atoms with van der Waals surface area (Å²) >= 11 is 0. The Hall–Kier alpha value is -1.97. The number of aldehydes is 1. The molecule has 0 radical (unpaired) electrons. The van der Waals surface area contributed by atoms with Gasteiger partial charge in [0, 0.05) is 11.3 Å². The molecule has 0 saturated heterocycles. The Labute approximate surface area is 84.6 Å². The van der Waals surface area contributed by atoms with Crippen molar-refractivity contribution in [2.24, 2.45) is 0 Å². The van der Waals surface area contributed by atoms with Crippen molar-refractivity contribution in [3.63, 3.8) is 0 Å². The van der Waals surface area contributed by atoms with E-state index in [2.05, 4.69) is 4.98 Å². The number of hydrogen-bond donors (Lipinski definition) is 1. The molecule has 0 bridgehead atoms. The fourth-order valence-corrected chi connectivity index (χ4v) is 1.34. The summed E-state index contributed by atoms with van der Waals surface area (Å²) in [4.78, 5) is 13.1. The summed E-state index contributed by atoms with van der Waals surface area (Å²) in [6.45, 7) is 0. The SMILES string of the molecule is O=Cc1ccc(-c2cc(F)ccc2F)[nH]1. The van der Waals surface area contributed by atoms with E-state index in [4.69, 9.17) is 0 Å². The maximum Gasteiger partial charge on any atom is 0.166 e. The molecule has 0 saturated carbocycles. The lowest BCUT2D eigenvalue weighted by molar-refractivity contribution is 0.111. The average molecular weight is 207 g/mol. The van der Waals surface area contributed by atoms with Crippen molar-refractivity contribution in [1.29, 1.82) is 0 Å². The highest BCUT2D eigenvalue weighted by atomic mass is 19.1. The molecule has 2 aromatic rings.